The summed E-state index contributed by atoms with van der Waals surface area (Å²) in [5.74, 6) is 0.478. The lowest BCUT2D eigenvalue weighted by Crippen LogP contribution is -2.13. The van der Waals surface area contributed by atoms with Crippen molar-refractivity contribution in [2.45, 2.75) is 0 Å². The fourth-order valence-corrected chi connectivity index (χ4v) is 2.08. The molecule has 0 aliphatic heterocycles. The number of pyridine rings is 1. The standard InChI is InChI=1S/C15H12ClN3O3/c1-21-11-5-4-9(7-10(11)18-13(20)8-16)15-19-14-12(22-15)3-2-6-17-14/h2-7H,8H2,1H3,(H,18,20). The Morgan fingerprint density at radius 2 is 2.27 bits per heavy atom. The number of rotatable bonds is 4. The van der Waals surface area contributed by atoms with Gasteiger partial charge in [0.25, 0.3) is 0 Å². The zero-order chi connectivity index (χ0) is 15.5. The van der Waals surface area contributed by atoms with E-state index in [0.717, 1.165) is 0 Å². The number of hydrogen-bond donors (Lipinski definition) is 1. The number of carbonyl (C=O) groups is 1. The molecule has 0 saturated heterocycles. The molecule has 3 rings (SSSR count). The molecule has 1 aromatic carbocycles. The average molecular weight is 318 g/mol. The smallest absolute Gasteiger partial charge is 0.239 e. The molecule has 1 N–H and O–H groups in total. The number of oxazole rings is 1. The van der Waals surface area contributed by atoms with E-state index in [-0.39, 0.29) is 11.8 Å². The van der Waals surface area contributed by atoms with E-state index in [9.17, 15) is 4.79 Å². The molecule has 0 bridgehead atoms. The van der Waals surface area contributed by atoms with Crippen LogP contribution in [0, 0.1) is 0 Å². The van der Waals surface area contributed by atoms with Crippen LogP contribution in [-0.2, 0) is 4.79 Å². The number of nitrogens with zero attached hydrogens (tertiary/aromatic N) is 2. The molecule has 2 heterocycles. The minimum atomic E-state index is -0.323. The van der Waals surface area contributed by atoms with Gasteiger partial charge in [-0.05, 0) is 30.3 Å². The van der Waals surface area contributed by atoms with Gasteiger partial charge in [-0.3, -0.25) is 4.79 Å². The number of amides is 1. The Bertz CT molecular complexity index is 799. The van der Waals surface area contributed by atoms with E-state index in [4.69, 9.17) is 20.8 Å². The zero-order valence-corrected chi connectivity index (χ0v) is 12.4. The van der Waals surface area contributed by atoms with Crippen molar-refractivity contribution in [3.63, 3.8) is 0 Å². The number of nitrogens with one attached hydrogen (secondary N) is 1. The van der Waals surface area contributed by atoms with Gasteiger partial charge in [0, 0.05) is 11.8 Å². The Balaban J connectivity index is 2.03. The predicted molar refractivity (Wildman–Crippen MR) is 83.1 cm³/mol. The maximum absolute atomic E-state index is 11.5. The minimum absolute atomic E-state index is 0.139. The summed E-state index contributed by atoms with van der Waals surface area (Å²) >= 11 is 5.52. The fraction of sp³-hybridized carbons (Fsp3) is 0.133. The molecule has 0 aliphatic rings. The van der Waals surface area contributed by atoms with E-state index in [2.05, 4.69) is 15.3 Å². The number of fused-ring (bicyclic) bond motifs is 1. The van der Waals surface area contributed by atoms with Gasteiger partial charge in [0.1, 0.15) is 11.6 Å². The van der Waals surface area contributed by atoms with Crippen molar-refractivity contribution in [2.75, 3.05) is 18.3 Å². The largest absolute Gasteiger partial charge is 0.495 e. The minimum Gasteiger partial charge on any atom is -0.495 e. The average Bonchev–Trinajstić information content (AvgIpc) is 2.98. The third-order valence-corrected chi connectivity index (χ3v) is 3.25. The molecule has 0 fully saturated rings. The molecule has 0 aliphatic carbocycles. The van der Waals surface area contributed by atoms with Gasteiger partial charge in [-0.2, -0.15) is 4.98 Å². The number of anilines is 1. The van der Waals surface area contributed by atoms with Crippen molar-refractivity contribution in [1.29, 1.82) is 0 Å². The Labute approximate surface area is 131 Å². The Morgan fingerprint density at radius 1 is 1.41 bits per heavy atom. The van der Waals surface area contributed by atoms with E-state index in [0.29, 0.717) is 34.1 Å². The SMILES string of the molecule is COc1ccc(-c2nc3ncccc3o2)cc1NC(=O)CCl. The molecule has 0 radical (unpaired) electrons. The quantitative estimate of drug-likeness (QED) is 0.748. The first-order chi connectivity index (χ1) is 10.7. The van der Waals surface area contributed by atoms with Crippen molar-refractivity contribution in [2.24, 2.45) is 0 Å². The molecular weight excluding hydrogens is 306 g/mol. The summed E-state index contributed by atoms with van der Waals surface area (Å²) in [6.07, 6.45) is 1.65. The maximum Gasteiger partial charge on any atom is 0.239 e. The number of methoxy groups -OCH3 is 1. The van der Waals surface area contributed by atoms with Crippen LogP contribution in [0.25, 0.3) is 22.7 Å². The lowest BCUT2D eigenvalue weighted by atomic mass is 10.2. The van der Waals surface area contributed by atoms with Crippen LogP contribution in [0.15, 0.2) is 40.9 Å². The molecule has 6 nitrogen and oxygen atoms in total. The van der Waals surface area contributed by atoms with Crippen molar-refractivity contribution in [3.8, 4) is 17.2 Å². The van der Waals surface area contributed by atoms with Gasteiger partial charge in [0.2, 0.25) is 11.8 Å². The summed E-state index contributed by atoms with van der Waals surface area (Å²) in [4.78, 5) is 19.9. The number of benzene rings is 1. The third kappa shape index (κ3) is 2.73. The second-order valence-corrected chi connectivity index (χ2v) is 4.71. The Kier molecular flexibility index (Phi) is 3.93. The second-order valence-electron chi connectivity index (χ2n) is 4.44. The lowest BCUT2D eigenvalue weighted by Gasteiger charge is -2.10. The highest BCUT2D eigenvalue weighted by atomic mass is 35.5. The molecule has 1 amide bonds. The highest BCUT2D eigenvalue weighted by molar-refractivity contribution is 6.29. The van der Waals surface area contributed by atoms with E-state index >= 15 is 0 Å². The van der Waals surface area contributed by atoms with E-state index < -0.39 is 0 Å². The van der Waals surface area contributed by atoms with Crippen LogP contribution in [0.4, 0.5) is 5.69 Å². The van der Waals surface area contributed by atoms with E-state index in [1.807, 2.05) is 0 Å². The highest BCUT2D eigenvalue weighted by Gasteiger charge is 2.13. The second kappa shape index (κ2) is 6.03. The molecule has 0 spiro atoms. The van der Waals surface area contributed by atoms with Crippen LogP contribution >= 0.6 is 11.6 Å². The summed E-state index contributed by atoms with van der Waals surface area (Å²) in [6, 6.07) is 8.80. The Morgan fingerprint density at radius 3 is 3.00 bits per heavy atom. The van der Waals surface area contributed by atoms with Gasteiger partial charge in [0.05, 0.1) is 12.8 Å². The molecular formula is C15H12ClN3O3. The van der Waals surface area contributed by atoms with Crippen molar-refractivity contribution in [3.05, 3.63) is 36.5 Å². The van der Waals surface area contributed by atoms with E-state index in [1.54, 1.807) is 36.5 Å². The molecule has 3 aromatic rings. The first-order valence-electron chi connectivity index (χ1n) is 6.47. The molecule has 22 heavy (non-hydrogen) atoms. The van der Waals surface area contributed by atoms with Gasteiger partial charge in [-0.1, -0.05) is 0 Å². The van der Waals surface area contributed by atoms with Gasteiger partial charge >= 0.3 is 0 Å². The summed E-state index contributed by atoms with van der Waals surface area (Å²) in [5, 5.41) is 2.67. The highest BCUT2D eigenvalue weighted by Crippen LogP contribution is 2.31. The number of aromatic nitrogens is 2. The topological polar surface area (TPSA) is 77.2 Å². The van der Waals surface area contributed by atoms with Crippen molar-refractivity contribution in [1.82, 2.24) is 9.97 Å². The number of alkyl halides is 1. The molecule has 0 atom stereocenters. The van der Waals surface area contributed by atoms with Gasteiger partial charge < -0.3 is 14.5 Å². The van der Waals surface area contributed by atoms with Crippen molar-refractivity contribution < 1.29 is 13.9 Å². The van der Waals surface area contributed by atoms with Gasteiger partial charge in [0.15, 0.2) is 11.2 Å². The summed E-state index contributed by atoms with van der Waals surface area (Å²) in [7, 11) is 1.52. The van der Waals surface area contributed by atoms with Crippen LogP contribution in [-0.4, -0.2) is 28.9 Å². The predicted octanol–water partition coefficient (Wildman–Crippen LogP) is 3.08. The zero-order valence-electron chi connectivity index (χ0n) is 11.7. The van der Waals surface area contributed by atoms with Crippen LogP contribution in [0.2, 0.25) is 0 Å². The van der Waals surface area contributed by atoms with Gasteiger partial charge in [-0.15, -0.1) is 11.6 Å². The number of carbonyl (C=O) groups excluding carboxylic acids is 1. The third-order valence-electron chi connectivity index (χ3n) is 3.01. The molecule has 0 saturated carbocycles. The monoisotopic (exact) mass is 317 g/mol. The Hall–Kier alpha value is -2.60. The lowest BCUT2D eigenvalue weighted by molar-refractivity contribution is -0.113. The molecule has 0 unspecified atom stereocenters. The summed E-state index contributed by atoms with van der Waals surface area (Å²) in [5.41, 5.74) is 2.32. The number of hydrogen-bond acceptors (Lipinski definition) is 5. The number of ether oxygens (including phenoxy) is 1. The van der Waals surface area contributed by atoms with Gasteiger partial charge in [-0.25, -0.2) is 4.98 Å². The molecule has 112 valence electrons. The normalized spacial score (nSPS) is 10.6. The first kappa shape index (κ1) is 14.3. The fourth-order valence-electron chi connectivity index (χ4n) is 2.01. The summed E-state index contributed by atoms with van der Waals surface area (Å²) < 4.78 is 10.9. The molecule has 7 heteroatoms. The maximum atomic E-state index is 11.5. The number of halogens is 1. The van der Waals surface area contributed by atoms with Crippen LogP contribution in [0.5, 0.6) is 5.75 Å². The summed E-state index contributed by atoms with van der Waals surface area (Å²) in [6.45, 7) is 0. The van der Waals surface area contributed by atoms with Crippen molar-refractivity contribution >= 4 is 34.4 Å². The first-order valence-corrected chi connectivity index (χ1v) is 7.00. The van der Waals surface area contributed by atoms with Crippen LogP contribution in [0.1, 0.15) is 0 Å². The van der Waals surface area contributed by atoms with Crippen LogP contribution in [0.3, 0.4) is 0 Å². The van der Waals surface area contributed by atoms with E-state index in [1.165, 1.54) is 7.11 Å². The molecule has 2 aromatic heterocycles. The van der Waals surface area contributed by atoms with Crippen LogP contribution < -0.4 is 10.1 Å².